The minimum absolute atomic E-state index is 0.00583. The van der Waals surface area contributed by atoms with Crippen LogP contribution in [0.15, 0.2) is 58.4 Å². The fraction of sp³-hybridized carbons (Fsp3) is 0.292. The molecule has 192 valence electrons. The number of aliphatic imine (C=N–C) groups is 1. The molecular weight excluding hydrogens is 527 g/mol. The predicted octanol–water partition coefficient (Wildman–Crippen LogP) is 3.28. The average molecular weight is 553 g/mol. The second-order valence-electron chi connectivity index (χ2n) is 8.05. The molecular formula is C24H26Cl2N4O5S. The monoisotopic (exact) mass is 552 g/mol. The highest BCUT2D eigenvalue weighted by Gasteiger charge is 2.24. The number of amides is 1. The van der Waals surface area contributed by atoms with Crippen molar-refractivity contribution in [3.05, 3.63) is 75.3 Å². The summed E-state index contributed by atoms with van der Waals surface area (Å²) in [5, 5.41) is 15.5. The maximum absolute atomic E-state index is 12.5. The second kappa shape index (κ2) is 12.5. The molecule has 3 N–H and O–H groups in total. The Morgan fingerprint density at radius 1 is 1.14 bits per heavy atom. The molecule has 12 heteroatoms. The van der Waals surface area contributed by atoms with E-state index in [-0.39, 0.29) is 34.7 Å². The Balaban J connectivity index is 1.39. The van der Waals surface area contributed by atoms with Crippen LogP contribution in [0.25, 0.3) is 0 Å². The van der Waals surface area contributed by atoms with Gasteiger partial charge in [-0.25, -0.2) is 13.2 Å². The fourth-order valence-electron chi connectivity index (χ4n) is 3.45. The smallest absolute Gasteiger partial charge is 0.413 e. The van der Waals surface area contributed by atoms with Gasteiger partial charge in [0.2, 0.25) is 0 Å². The highest BCUT2D eigenvalue weighted by Crippen LogP contribution is 2.28. The largest absolute Gasteiger partial charge is 0.465 e. The van der Waals surface area contributed by atoms with Gasteiger partial charge in [0, 0.05) is 23.7 Å². The van der Waals surface area contributed by atoms with Crippen molar-refractivity contribution in [1.29, 1.82) is 0 Å². The third-order valence-electron chi connectivity index (χ3n) is 5.32. The zero-order chi connectivity index (χ0) is 26.3. The first-order chi connectivity index (χ1) is 17.1. The molecule has 2 aromatic rings. The van der Waals surface area contributed by atoms with Crippen molar-refractivity contribution in [2.75, 3.05) is 32.1 Å². The molecule has 0 unspecified atom stereocenters. The van der Waals surface area contributed by atoms with E-state index in [1.54, 1.807) is 25.1 Å². The first-order valence-electron chi connectivity index (χ1n) is 11.0. The molecule has 0 radical (unpaired) electrons. The first-order valence-corrected chi connectivity index (χ1v) is 13.4. The molecule has 0 spiro atoms. The van der Waals surface area contributed by atoms with Crippen LogP contribution in [-0.2, 0) is 21.2 Å². The molecule has 0 atom stereocenters. The topological polar surface area (TPSA) is 128 Å². The molecule has 0 aliphatic carbocycles. The Kier molecular flexibility index (Phi) is 9.63. The lowest BCUT2D eigenvalue weighted by Crippen LogP contribution is -2.33. The number of sulfone groups is 1. The van der Waals surface area contributed by atoms with Gasteiger partial charge in [-0.1, -0.05) is 53.5 Å². The Morgan fingerprint density at radius 2 is 1.86 bits per heavy atom. The van der Waals surface area contributed by atoms with Crippen LogP contribution in [0.1, 0.15) is 16.7 Å². The van der Waals surface area contributed by atoms with Crippen molar-refractivity contribution in [3.63, 3.8) is 0 Å². The number of nitrogens with one attached hydrogen (secondary N) is 2. The van der Waals surface area contributed by atoms with E-state index in [9.17, 15) is 23.1 Å². The number of benzene rings is 2. The van der Waals surface area contributed by atoms with E-state index in [0.717, 1.165) is 11.1 Å². The molecule has 0 saturated carbocycles. The molecule has 0 aromatic heterocycles. The maximum atomic E-state index is 12.5. The van der Waals surface area contributed by atoms with E-state index in [4.69, 9.17) is 23.2 Å². The molecule has 0 saturated heterocycles. The molecule has 2 aromatic carbocycles. The summed E-state index contributed by atoms with van der Waals surface area (Å²) in [6.07, 6.45) is 1.91. The van der Waals surface area contributed by atoms with Gasteiger partial charge < -0.3 is 10.4 Å². The van der Waals surface area contributed by atoms with Crippen LogP contribution in [-0.4, -0.2) is 68.2 Å². The second-order valence-corrected chi connectivity index (χ2v) is 10.8. The Bertz CT molecular complexity index is 1290. The van der Waals surface area contributed by atoms with Gasteiger partial charge in [0.05, 0.1) is 29.6 Å². The van der Waals surface area contributed by atoms with E-state index in [1.807, 2.05) is 12.1 Å². The summed E-state index contributed by atoms with van der Waals surface area (Å²) in [7, 11) is -3.66. The van der Waals surface area contributed by atoms with Crippen LogP contribution in [0.4, 0.5) is 4.79 Å². The number of halogens is 2. The maximum Gasteiger partial charge on any atom is 0.413 e. The molecule has 1 aliphatic rings. The van der Waals surface area contributed by atoms with Crippen molar-refractivity contribution >= 4 is 50.8 Å². The number of amidine groups is 1. The van der Waals surface area contributed by atoms with Crippen LogP contribution in [0.3, 0.4) is 0 Å². The normalized spacial score (nSPS) is 13.9. The standard InChI is InChI=1S/C24H26Cl2N4O5S/c1-16-11-22(21(26)12-20(16)25)36(34,35)15-27-8-2-3-19(31)14-28-13-17-4-6-18(7-5-17)23-29-9-10-30(23)24(32)33/h2-7,11-12,27-28H,8-10,13-15H2,1H3,(H,32,33). The summed E-state index contributed by atoms with van der Waals surface area (Å²) in [6, 6.07) is 10.1. The van der Waals surface area contributed by atoms with Crippen molar-refractivity contribution in [2.24, 2.45) is 4.99 Å². The van der Waals surface area contributed by atoms with Gasteiger partial charge in [0.25, 0.3) is 0 Å². The van der Waals surface area contributed by atoms with E-state index in [0.29, 0.717) is 36.1 Å². The SMILES string of the molecule is Cc1cc(S(=O)(=O)CNCC=CC(=O)CNCc2ccc(C3=NCCN3C(=O)O)cc2)c(Cl)cc1Cl. The molecule has 0 fully saturated rings. The van der Waals surface area contributed by atoms with Crippen molar-refractivity contribution in [3.8, 4) is 0 Å². The third-order valence-corrected chi connectivity index (χ3v) is 7.74. The summed E-state index contributed by atoms with van der Waals surface area (Å²) in [5.74, 6) is -0.0582. The Morgan fingerprint density at radius 3 is 2.56 bits per heavy atom. The zero-order valence-electron chi connectivity index (χ0n) is 19.5. The van der Waals surface area contributed by atoms with Crippen LogP contribution in [0.2, 0.25) is 10.0 Å². The number of carbonyl (C=O) groups is 2. The summed E-state index contributed by atoms with van der Waals surface area (Å²) in [6.45, 7) is 3.24. The Labute approximate surface area is 219 Å². The third kappa shape index (κ3) is 7.37. The van der Waals surface area contributed by atoms with Gasteiger partial charge in [-0.2, -0.15) is 0 Å². The number of rotatable bonds is 11. The quantitative estimate of drug-likeness (QED) is 0.288. The number of hydrogen-bond donors (Lipinski definition) is 3. The van der Waals surface area contributed by atoms with Gasteiger partial charge in [0.1, 0.15) is 11.7 Å². The number of carbonyl (C=O) groups excluding carboxylic acids is 1. The van der Waals surface area contributed by atoms with Crippen LogP contribution < -0.4 is 10.6 Å². The zero-order valence-corrected chi connectivity index (χ0v) is 21.8. The number of carboxylic acid groups (broad SMARTS) is 1. The average Bonchev–Trinajstić information content (AvgIpc) is 3.32. The highest BCUT2D eigenvalue weighted by molar-refractivity contribution is 7.91. The molecule has 3 rings (SSSR count). The van der Waals surface area contributed by atoms with Gasteiger partial charge in [-0.05, 0) is 36.3 Å². The van der Waals surface area contributed by atoms with Crippen molar-refractivity contribution in [1.82, 2.24) is 15.5 Å². The van der Waals surface area contributed by atoms with Crippen LogP contribution >= 0.6 is 23.2 Å². The molecule has 1 heterocycles. The molecule has 9 nitrogen and oxygen atoms in total. The van der Waals surface area contributed by atoms with Gasteiger partial charge in [-0.3, -0.25) is 20.0 Å². The van der Waals surface area contributed by atoms with Crippen molar-refractivity contribution < 1.29 is 23.1 Å². The highest BCUT2D eigenvalue weighted by atomic mass is 35.5. The summed E-state index contributed by atoms with van der Waals surface area (Å²) < 4.78 is 25.0. The lowest BCUT2D eigenvalue weighted by Gasteiger charge is -2.14. The minimum atomic E-state index is -3.66. The Hall–Kier alpha value is -2.76. The molecule has 0 bridgehead atoms. The van der Waals surface area contributed by atoms with Gasteiger partial charge in [0.15, 0.2) is 15.6 Å². The summed E-state index contributed by atoms with van der Waals surface area (Å²) >= 11 is 12.0. The number of ketones is 1. The molecule has 1 amide bonds. The first kappa shape index (κ1) is 27.8. The van der Waals surface area contributed by atoms with E-state index >= 15 is 0 Å². The fourth-order valence-corrected chi connectivity index (χ4v) is 5.45. The lowest BCUT2D eigenvalue weighted by atomic mass is 10.1. The predicted molar refractivity (Wildman–Crippen MR) is 140 cm³/mol. The minimum Gasteiger partial charge on any atom is -0.465 e. The van der Waals surface area contributed by atoms with E-state index < -0.39 is 15.9 Å². The van der Waals surface area contributed by atoms with Crippen LogP contribution in [0.5, 0.6) is 0 Å². The van der Waals surface area contributed by atoms with Gasteiger partial charge in [-0.15, -0.1) is 0 Å². The van der Waals surface area contributed by atoms with Crippen LogP contribution in [0, 0.1) is 6.92 Å². The lowest BCUT2D eigenvalue weighted by molar-refractivity contribution is -0.113. The number of hydrogen-bond acceptors (Lipinski definition) is 7. The van der Waals surface area contributed by atoms with Gasteiger partial charge >= 0.3 is 6.09 Å². The van der Waals surface area contributed by atoms with Crippen molar-refractivity contribution in [2.45, 2.75) is 18.4 Å². The summed E-state index contributed by atoms with van der Waals surface area (Å²) in [5.41, 5.74) is 2.27. The molecule has 1 aliphatic heterocycles. The summed E-state index contributed by atoms with van der Waals surface area (Å²) in [4.78, 5) is 28.8. The number of aryl methyl sites for hydroxylation is 1. The van der Waals surface area contributed by atoms with E-state index in [2.05, 4.69) is 15.6 Å². The molecule has 36 heavy (non-hydrogen) atoms. The number of nitrogens with zero attached hydrogens (tertiary/aromatic N) is 2. The van der Waals surface area contributed by atoms with E-state index in [1.165, 1.54) is 23.1 Å².